The van der Waals surface area contributed by atoms with Crippen LogP contribution in [0, 0.1) is 11.8 Å². The van der Waals surface area contributed by atoms with Crippen molar-refractivity contribution in [2.45, 2.75) is 17.2 Å². The Bertz CT molecular complexity index is 1280. The molecule has 1 aliphatic carbocycles. The van der Waals surface area contributed by atoms with E-state index in [1.807, 2.05) is 36.4 Å². The highest BCUT2D eigenvalue weighted by Crippen LogP contribution is 2.44. The van der Waals surface area contributed by atoms with Crippen LogP contribution in [0.4, 0.5) is 8.68 Å². The Morgan fingerprint density at radius 3 is 2.19 bits per heavy atom. The van der Waals surface area contributed by atoms with Crippen LogP contribution >= 0.6 is 0 Å². The fourth-order valence-corrected chi connectivity index (χ4v) is 4.44. The van der Waals surface area contributed by atoms with E-state index in [1.54, 1.807) is 6.07 Å². The van der Waals surface area contributed by atoms with Gasteiger partial charge in [-0.1, -0.05) is 72.5 Å². The van der Waals surface area contributed by atoms with Crippen molar-refractivity contribution in [1.29, 1.82) is 0 Å². The van der Waals surface area contributed by atoms with Gasteiger partial charge in [-0.05, 0) is 34.4 Å². The molecule has 0 aromatic heterocycles. The number of fused-ring (bicyclic) bond motifs is 3. The van der Waals surface area contributed by atoms with Gasteiger partial charge in [-0.15, -0.1) is 3.89 Å². The Kier molecular flexibility index (Phi) is 6.24. The molecule has 1 aliphatic rings. The van der Waals surface area contributed by atoms with E-state index < -0.39 is 21.2 Å². The number of hydrogen-bond acceptors (Lipinski definition) is 4. The Labute approximate surface area is 186 Å². The number of alkyl carbamates (subject to hydrolysis) is 1. The average molecular weight is 450 g/mol. The van der Waals surface area contributed by atoms with Crippen molar-refractivity contribution >= 4 is 16.3 Å². The van der Waals surface area contributed by atoms with Gasteiger partial charge in [0.05, 0.1) is 0 Å². The summed E-state index contributed by atoms with van der Waals surface area (Å²) >= 11 is 0. The summed E-state index contributed by atoms with van der Waals surface area (Å²) in [6, 6.07) is 21.8. The zero-order chi connectivity index (χ0) is 22.6. The van der Waals surface area contributed by atoms with E-state index in [0.29, 0.717) is 0 Å². The van der Waals surface area contributed by atoms with E-state index in [9.17, 15) is 17.1 Å². The van der Waals surface area contributed by atoms with Crippen molar-refractivity contribution in [3.05, 3.63) is 89.5 Å². The molecule has 0 bridgehead atoms. The highest BCUT2D eigenvalue weighted by molar-refractivity contribution is 7.86. The second kappa shape index (κ2) is 9.25. The van der Waals surface area contributed by atoms with Crippen molar-refractivity contribution in [2.75, 3.05) is 13.2 Å². The quantitative estimate of drug-likeness (QED) is 0.350. The van der Waals surface area contributed by atoms with E-state index in [2.05, 4.69) is 29.3 Å². The number of amides is 1. The van der Waals surface area contributed by atoms with Crippen LogP contribution in [0.2, 0.25) is 0 Å². The van der Waals surface area contributed by atoms with Gasteiger partial charge in [0.25, 0.3) is 0 Å². The van der Waals surface area contributed by atoms with E-state index >= 15 is 0 Å². The molecule has 32 heavy (non-hydrogen) atoms. The number of carbonyl (C=O) groups is 1. The monoisotopic (exact) mass is 449 g/mol. The zero-order valence-electron chi connectivity index (χ0n) is 17.0. The molecule has 1 N–H and O–H groups in total. The van der Waals surface area contributed by atoms with Crippen LogP contribution in [0.15, 0.2) is 77.7 Å². The third-order valence-corrected chi connectivity index (χ3v) is 6.12. The van der Waals surface area contributed by atoms with Gasteiger partial charge in [0.1, 0.15) is 11.5 Å². The fourth-order valence-electron chi connectivity index (χ4n) is 3.82. The molecule has 0 aliphatic heterocycles. The second-order valence-corrected chi connectivity index (χ2v) is 8.55. The average Bonchev–Trinajstić information content (AvgIpc) is 3.11. The third-order valence-electron chi connectivity index (χ3n) is 5.24. The first-order chi connectivity index (χ1) is 15.4. The first kappa shape index (κ1) is 21.6. The van der Waals surface area contributed by atoms with Crippen LogP contribution in [0.5, 0.6) is 0 Å². The number of benzene rings is 3. The van der Waals surface area contributed by atoms with E-state index in [0.717, 1.165) is 28.3 Å². The van der Waals surface area contributed by atoms with Gasteiger partial charge in [0.15, 0.2) is 0 Å². The summed E-state index contributed by atoms with van der Waals surface area (Å²) in [4.78, 5) is 11.7. The summed E-state index contributed by atoms with van der Waals surface area (Å²) in [5.74, 6) is 5.35. The summed E-state index contributed by atoms with van der Waals surface area (Å²) in [6.45, 7) is 0.432. The molecule has 162 valence electrons. The number of rotatable bonds is 5. The predicted molar refractivity (Wildman–Crippen MR) is 119 cm³/mol. The highest BCUT2D eigenvalue weighted by Gasteiger charge is 2.28. The normalized spacial score (nSPS) is 12.3. The van der Waals surface area contributed by atoms with Crippen LogP contribution in [0.1, 0.15) is 29.0 Å². The molecule has 1 amide bonds. The minimum absolute atomic E-state index is 0.0212. The molecule has 0 heterocycles. The minimum Gasteiger partial charge on any atom is -0.449 e. The summed E-state index contributed by atoms with van der Waals surface area (Å²) in [7, 11) is -4.84. The van der Waals surface area contributed by atoms with Gasteiger partial charge in [-0.25, -0.2) is 4.79 Å². The Morgan fingerprint density at radius 2 is 1.53 bits per heavy atom. The smallest absolute Gasteiger partial charge is 0.407 e. The highest BCUT2D eigenvalue weighted by atomic mass is 32.3. The summed E-state index contributed by atoms with van der Waals surface area (Å²) in [6.07, 6.45) is -0.300. The summed E-state index contributed by atoms with van der Waals surface area (Å²) in [5, 5.41) is 2.63. The van der Waals surface area contributed by atoms with E-state index in [4.69, 9.17) is 4.74 Å². The van der Waals surface area contributed by atoms with Crippen LogP contribution in [-0.4, -0.2) is 27.7 Å². The predicted octanol–water partition coefficient (Wildman–Crippen LogP) is 4.63. The molecular formula is C25H20FNO4S. The van der Waals surface area contributed by atoms with Gasteiger partial charge in [-0.3, -0.25) is 0 Å². The maximum Gasteiger partial charge on any atom is 0.407 e. The van der Waals surface area contributed by atoms with Crippen LogP contribution in [0.25, 0.3) is 11.1 Å². The lowest BCUT2D eigenvalue weighted by Gasteiger charge is -2.14. The SMILES string of the molecule is O=C(NCCC#Cc1ccccc1S(=O)(=O)F)OCC1c2ccccc2-c2ccccc21. The summed E-state index contributed by atoms with van der Waals surface area (Å²) < 4.78 is 41.1. The van der Waals surface area contributed by atoms with Gasteiger partial charge >= 0.3 is 16.3 Å². The lowest BCUT2D eigenvalue weighted by molar-refractivity contribution is 0.143. The Balaban J connectivity index is 1.31. The zero-order valence-corrected chi connectivity index (χ0v) is 17.9. The largest absolute Gasteiger partial charge is 0.449 e. The minimum atomic E-state index is -4.84. The first-order valence-electron chi connectivity index (χ1n) is 10.1. The van der Waals surface area contributed by atoms with Crippen molar-refractivity contribution in [3.63, 3.8) is 0 Å². The molecule has 0 spiro atoms. The number of nitrogens with one attached hydrogen (secondary N) is 1. The van der Waals surface area contributed by atoms with Gasteiger partial charge in [0, 0.05) is 24.4 Å². The molecule has 4 rings (SSSR count). The van der Waals surface area contributed by atoms with Crippen molar-refractivity contribution in [1.82, 2.24) is 5.32 Å². The lowest BCUT2D eigenvalue weighted by atomic mass is 9.98. The van der Waals surface area contributed by atoms with Crippen LogP contribution in [0.3, 0.4) is 0 Å². The number of hydrogen-bond donors (Lipinski definition) is 1. The van der Waals surface area contributed by atoms with Gasteiger partial charge in [-0.2, -0.15) is 8.42 Å². The van der Waals surface area contributed by atoms with Gasteiger partial charge in [0.2, 0.25) is 0 Å². The molecule has 0 atom stereocenters. The molecule has 0 unspecified atom stereocenters. The van der Waals surface area contributed by atoms with Crippen LogP contribution < -0.4 is 5.32 Å². The van der Waals surface area contributed by atoms with Crippen molar-refractivity contribution < 1.29 is 21.8 Å². The van der Waals surface area contributed by atoms with E-state index in [-0.39, 0.29) is 31.1 Å². The Morgan fingerprint density at radius 1 is 0.938 bits per heavy atom. The third kappa shape index (κ3) is 4.66. The maximum absolute atomic E-state index is 13.3. The molecule has 0 fully saturated rings. The summed E-state index contributed by atoms with van der Waals surface area (Å²) in [5.41, 5.74) is 4.66. The number of halogens is 1. The molecule has 5 nitrogen and oxygen atoms in total. The molecule has 0 radical (unpaired) electrons. The lowest BCUT2D eigenvalue weighted by Crippen LogP contribution is -2.26. The molecular weight excluding hydrogens is 429 g/mol. The van der Waals surface area contributed by atoms with Crippen LogP contribution in [-0.2, 0) is 15.0 Å². The first-order valence-corrected chi connectivity index (χ1v) is 11.4. The topological polar surface area (TPSA) is 72.5 Å². The molecule has 0 saturated heterocycles. The standard InChI is InChI=1S/C25H20FNO4S/c26-32(29,30)24-15-6-1-9-18(24)10-7-8-16-27-25(28)31-17-23-21-13-4-2-11-19(21)20-12-3-5-14-22(20)23/h1-6,9,11-15,23H,8,16-17H2,(H,27,28). The second-order valence-electron chi connectivity index (χ2n) is 7.24. The van der Waals surface area contributed by atoms with Gasteiger partial charge < -0.3 is 10.1 Å². The molecule has 0 saturated carbocycles. The fraction of sp³-hybridized carbons (Fsp3) is 0.160. The number of ether oxygens (including phenoxy) is 1. The molecule has 7 heteroatoms. The Hall–Kier alpha value is -3.63. The maximum atomic E-state index is 13.3. The molecule has 3 aromatic rings. The van der Waals surface area contributed by atoms with Crippen molar-refractivity contribution in [2.24, 2.45) is 0 Å². The van der Waals surface area contributed by atoms with E-state index in [1.165, 1.54) is 12.1 Å². The number of carbonyl (C=O) groups excluding carboxylic acids is 1. The molecule has 3 aromatic carbocycles. The van der Waals surface area contributed by atoms with Crippen molar-refractivity contribution in [3.8, 4) is 23.0 Å².